The lowest BCUT2D eigenvalue weighted by Crippen LogP contribution is -2.07. The third kappa shape index (κ3) is 11.9. The zero-order valence-electron chi connectivity index (χ0n) is 16.2. The van der Waals surface area contributed by atoms with Crippen molar-refractivity contribution in [3.63, 3.8) is 0 Å². The molecule has 0 rings (SSSR count). The molecule has 0 heterocycles. The first-order valence-electron chi connectivity index (χ1n) is 8.70. The van der Waals surface area contributed by atoms with Gasteiger partial charge in [-0.15, -0.1) is 0 Å². The van der Waals surface area contributed by atoms with Crippen LogP contribution >= 0.6 is 7.37 Å². The Labute approximate surface area is 152 Å². The molecule has 0 aliphatic rings. The molecule has 0 saturated carbocycles. The van der Waals surface area contributed by atoms with Gasteiger partial charge in [-0.2, -0.15) is 0 Å². The Hall–Kier alpha value is -1.16. The number of hydrogen-bond acceptors (Lipinski definition) is 4. The van der Waals surface area contributed by atoms with E-state index in [0.717, 1.165) is 31.3 Å². The van der Waals surface area contributed by atoms with Gasteiger partial charge >= 0.3 is 13.1 Å². The summed E-state index contributed by atoms with van der Waals surface area (Å²) in [5.74, 6) is 0. The van der Waals surface area contributed by atoms with Gasteiger partial charge in [0, 0.05) is 0 Å². The van der Waals surface area contributed by atoms with Crippen molar-refractivity contribution in [1.29, 1.82) is 0 Å². The molecule has 0 fully saturated rings. The maximum Gasteiger partial charge on any atom is 0.391 e. The highest BCUT2D eigenvalue weighted by Crippen LogP contribution is 2.47. The van der Waals surface area contributed by atoms with Gasteiger partial charge in [0.2, 0.25) is 0 Å². The van der Waals surface area contributed by atoms with Crippen LogP contribution in [0.3, 0.4) is 0 Å². The van der Waals surface area contributed by atoms with Crippen LogP contribution in [-0.4, -0.2) is 30.4 Å². The predicted molar refractivity (Wildman–Crippen MR) is 103 cm³/mol. The van der Waals surface area contributed by atoms with E-state index in [4.69, 9.17) is 14.4 Å². The Bertz CT molecular complexity index is 542. The van der Waals surface area contributed by atoms with Crippen molar-refractivity contribution in [1.82, 2.24) is 0 Å². The molecule has 144 valence electrons. The molecule has 0 aromatic carbocycles. The lowest BCUT2D eigenvalue weighted by Gasteiger charge is -2.12. The maximum atomic E-state index is 12.0. The Morgan fingerprint density at radius 3 is 2.08 bits per heavy atom. The summed E-state index contributed by atoms with van der Waals surface area (Å²) in [5, 5.41) is 8.94. The molecule has 0 amide bonds. The van der Waals surface area contributed by atoms with Gasteiger partial charge in [-0.05, 0) is 60.3 Å². The fourth-order valence-electron chi connectivity index (χ4n) is 2.07. The minimum absolute atomic E-state index is 0.0844. The average molecular weight is 372 g/mol. The summed E-state index contributed by atoms with van der Waals surface area (Å²) in [6.45, 7) is 10.3. The number of ether oxygens (including phenoxy) is 1. The minimum Gasteiger partial charge on any atom is -0.474 e. The molecule has 1 unspecified atom stereocenters. The van der Waals surface area contributed by atoms with E-state index in [1.54, 1.807) is 6.92 Å². The molecule has 1 N–H and O–H groups in total. The summed E-state index contributed by atoms with van der Waals surface area (Å²) in [6.07, 6.45) is 10.0. The molecular formula is C19H33O5P. The molecule has 25 heavy (non-hydrogen) atoms. The topological polar surface area (TPSA) is 72.8 Å². The average Bonchev–Trinajstić information content (AvgIpc) is 2.51. The highest BCUT2D eigenvalue weighted by atomic mass is 31.2. The van der Waals surface area contributed by atoms with Crippen molar-refractivity contribution in [3.8, 4) is 0 Å². The molecule has 5 nitrogen and oxygen atoms in total. The number of rotatable bonds is 13. The van der Waals surface area contributed by atoms with E-state index in [2.05, 4.69) is 32.9 Å². The van der Waals surface area contributed by atoms with E-state index in [9.17, 15) is 9.36 Å². The van der Waals surface area contributed by atoms with E-state index in [0.29, 0.717) is 0 Å². The Kier molecular flexibility index (Phi) is 12.5. The van der Waals surface area contributed by atoms with Crippen molar-refractivity contribution in [3.05, 3.63) is 34.9 Å². The van der Waals surface area contributed by atoms with E-state index in [1.165, 1.54) is 11.1 Å². The van der Waals surface area contributed by atoms with Crippen LogP contribution in [0.2, 0.25) is 0 Å². The van der Waals surface area contributed by atoms with Crippen LogP contribution < -0.4 is 0 Å². The van der Waals surface area contributed by atoms with Gasteiger partial charge in [0.05, 0.1) is 13.2 Å². The van der Waals surface area contributed by atoms with Crippen LogP contribution in [0.15, 0.2) is 34.9 Å². The van der Waals surface area contributed by atoms with Crippen molar-refractivity contribution in [2.24, 2.45) is 0 Å². The summed E-state index contributed by atoms with van der Waals surface area (Å²) in [5.41, 5.74) is 2.46. The fraction of sp³-hybridized carbons (Fsp3) is 0.632. The third-order valence-electron chi connectivity index (χ3n) is 3.56. The first-order chi connectivity index (χ1) is 11.7. The SMILES string of the molecule is CCOP(=O)(COCC=C(C)CCC=C(C)CCC=C(C)C)C(=O)O. The van der Waals surface area contributed by atoms with Crippen molar-refractivity contribution in [2.45, 2.75) is 60.3 Å². The lowest BCUT2D eigenvalue weighted by molar-refractivity contribution is 0.178. The third-order valence-corrected chi connectivity index (χ3v) is 5.34. The van der Waals surface area contributed by atoms with Gasteiger partial charge in [0.15, 0.2) is 0 Å². The largest absolute Gasteiger partial charge is 0.474 e. The molecule has 0 spiro atoms. The van der Waals surface area contributed by atoms with Crippen LogP contribution in [0.5, 0.6) is 0 Å². The normalized spacial score (nSPS) is 14.9. The smallest absolute Gasteiger partial charge is 0.391 e. The van der Waals surface area contributed by atoms with Crippen LogP contribution in [-0.2, 0) is 13.8 Å². The zero-order chi connectivity index (χ0) is 19.3. The lowest BCUT2D eigenvalue weighted by atomic mass is 10.1. The second kappa shape index (κ2) is 13.1. The van der Waals surface area contributed by atoms with Gasteiger partial charge < -0.3 is 14.4 Å². The van der Waals surface area contributed by atoms with Crippen molar-refractivity contribution < 1.29 is 23.7 Å². The molecule has 0 bridgehead atoms. The second-order valence-electron chi connectivity index (χ2n) is 6.33. The molecule has 1 atom stereocenters. The maximum absolute atomic E-state index is 12.0. The molecule has 0 aliphatic heterocycles. The number of hydrogen-bond donors (Lipinski definition) is 1. The minimum atomic E-state index is -3.75. The summed E-state index contributed by atoms with van der Waals surface area (Å²) >= 11 is 0. The van der Waals surface area contributed by atoms with Crippen molar-refractivity contribution >= 4 is 13.1 Å². The highest BCUT2D eigenvalue weighted by Gasteiger charge is 2.32. The second-order valence-corrected chi connectivity index (χ2v) is 8.58. The number of allylic oxidation sites excluding steroid dienone is 5. The predicted octanol–water partition coefficient (Wildman–Crippen LogP) is 6.37. The summed E-state index contributed by atoms with van der Waals surface area (Å²) in [4.78, 5) is 11.0. The van der Waals surface area contributed by atoms with Crippen LogP contribution in [0, 0.1) is 0 Å². The van der Waals surface area contributed by atoms with Gasteiger partial charge in [-0.3, -0.25) is 4.57 Å². The highest BCUT2D eigenvalue weighted by molar-refractivity contribution is 7.75. The van der Waals surface area contributed by atoms with Gasteiger partial charge in [0.1, 0.15) is 6.35 Å². The summed E-state index contributed by atoms with van der Waals surface area (Å²) in [6, 6.07) is 0. The molecule has 0 aromatic heterocycles. The molecular weight excluding hydrogens is 339 g/mol. The van der Waals surface area contributed by atoms with Crippen LogP contribution in [0.1, 0.15) is 60.3 Å². The van der Waals surface area contributed by atoms with Crippen molar-refractivity contribution in [2.75, 3.05) is 19.6 Å². The molecule has 0 aliphatic carbocycles. The van der Waals surface area contributed by atoms with E-state index < -0.39 is 19.4 Å². The van der Waals surface area contributed by atoms with E-state index in [1.807, 2.05) is 13.0 Å². The van der Waals surface area contributed by atoms with E-state index >= 15 is 0 Å². The first-order valence-corrected chi connectivity index (χ1v) is 10.5. The quantitative estimate of drug-likeness (QED) is 0.231. The molecule has 0 aromatic rings. The van der Waals surface area contributed by atoms with Gasteiger partial charge in [-0.25, -0.2) is 4.79 Å². The molecule has 6 heteroatoms. The first kappa shape index (κ1) is 23.8. The van der Waals surface area contributed by atoms with Gasteiger partial charge in [0.25, 0.3) is 0 Å². The van der Waals surface area contributed by atoms with Crippen LogP contribution in [0.25, 0.3) is 0 Å². The Balaban J connectivity index is 4.15. The molecule has 0 radical (unpaired) electrons. The summed E-state index contributed by atoms with van der Waals surface area (Å²) < 4.78 is 22.0. The van der Waals surface area contributed by atoms with E-state index in [-0.39, 0.29) is 13.2 Å². The number of carbonyl (C=O) groups is 1. The standard InChI is InChI=1S/C19H33O5P/c1-6-24-25(22,19(20)21)15-23-14-13-18(5)12-8-11-17(4)10-7-9-16(2)3/h9,11,13H,6-8,10,12,14-15H2,1-5H3,(H,20,21). The monoisotopic (exact) mass is 372 g/mol. The fourth-order valence-corrected chi connectivity index (χ4v) is 3.13. The number of carboxylic acid groups (broad SMARTS) is 1. The van der Waals surface area contributed by atoms with Gasteiger partial charge in [-0.1, -0.05) is 34.9 Å². The Morgan fingerprint density at radius 2 is 1.56 bits per heavy atom. The molecule has 0 saturated heterocycles. The van der Waals surface area contributed by atoms with Crippen LogP contribution in [0.4, 0.5) is 4.79 Å². The Morgan fingerprint density at radius 1 is 1.00 bits per heavy atom. The summed E-state index contributed by atoms with van der Waals surface area (Å²) in [7, 11) is -3.75. The zero-order valence-corrected chi connectivity index (χ0v) is 17.1.